The SMILES string of the molecule is CC(N)COc1noc2cc(F)ccc12. The van der Waals surface area contributed by atoms with E-state index in [1.165, 1.54) is 12.1 Å². The molecular formula is C10H11FN2O2. The summed E-state index contributed by atoms with van der Waals surface area (Å²) < 4.78 is 23.0. The molecule has 0 aliphatic heterocycles. The van der Waals surface area contributed by atoms with Crippen LogP contribution in [-0.4, -0.2) is 17.8 Å². The molecule has 1 unspecified atom stereocenters. The molecule has 0 aliphatic rings. The average Bonchev–Trinajstić information content (AvgIpc) is 2.57. The number of benzene rings is 1. The molecule has 0 radical (unpaired) electrons. The van der Waals surface area contributed by atoms with Crippen molar-refractivity contribution in [1.82, 2.24) is 5.16 Å². The number of hydrogen-bond donors (Lipinski definition) is 1. The number of ether oxygens (including phenoxy) is 1. The molecule has 1 aromatic carbocycles. The number of nitrogens with two attached hydrogens (primary N) is 1. The van der Waals surface area contributed by atoms with Crippen molar-refractivity contribution in [3.8, 4) is 5.88 Å². The number of rotatable bonds is 3. The smallest absolute Gasteiger partial charge is 0.262 e. The van der Waals surface area contributed by atoms with Crippen LogP contribution in [0.25, 0.3) is 11.0 Å². The zero-order chi connectivity index (χ0) is 10.8. The van der Waals surface area contributed by atoms with Crippen molar-refractivity contribution < 1.29 is 13.7 Å². The van der Waals surface area contributed by atoms with Gasteiger partial charge in [0.1, 0.15) is 12.4 Å². The molecule has 1 heterocycles. The first-order valence-corrected chi connectivity index (χ1v) is 4.60. The molecule has 2 rings (SSSR count). The van der Waals surface area contributed by atoms with Crippen LogP contribution in [0.5, 0.6) is 5.88 Å². The Balaban J connectivity index is 2.29. The maximum atomic E-state index is 12.8. The van der Waals surface area contributed by atoms with Crippen molar-refractivity contribution >= 4 is 11.0 Å². The van der Waals surface area contributed by atoms with Crippen LogP contribution in [-0.2, 0) is 0 Å². The lowest BCUT2D eigenvalue weighted by Crippen LogP contribution is -2.23. The van der Waals surface area contributed by atoms with Crippen molar-refractivity contribution in [2.45, 2.75) is 13.0 Å². The predicted octanol–water partition coefficient (Wildman–Crippen LogP) is 1.69. The number of nitrogens with zero attached hydrogens (tertiary/aromatic N) is 1. The molecule has 4 nitrogen and oxygen atoms in total. The van der Waals surface area contributed by atoms with Crippen LogP contribution in [0.4, 0.5) is 4.39 Å². The lowest BCUT2D eigenvalue weighted by Gasteiger charge is -2.04. The molecule has 0 fully saturated rings. The topological polar surface area (TPSA) is 61.3 Å². The highest BCUT2D eigenvalue weighted by Crippen LogP contribution is 2.25. The summed E-state index contributed by atoms with van der Waals surface area (Å²) in [6.07, 6.45) is 0. The van der Waals surface area contributed by atoms with Crippen LogP contribution in [0, 0.1) is 5.82 Å². The maximum Gasteiger partial charge on any atom is 0.262 e. The van der Waals surface area contributed by atoms with E-state index in [0.717, 1.165) is 0 Å². The largest absolute Gasteiger partial charge is 0.473 e. The highest BCUT2D eigenvalue weighted by molar-refractivity contribution is 5.81. The third kappa shape index (κ3) is 2.07. The van der Waals surface area contributed by atoms with E-state index in [0.29, 0.717) is 23.5 Å². The van der Waals surface area contributed by atoms with Gasteiger partial charge in [-0.3, -0.25) is 0 Å². The van der Waals surface area contributed by atoms with E-state index < -0.39 is 0 Å². The van der Waals surface area contributed by atoms with Gasteiger partial charge in [-0.25, -0.2) is 4.39 Å². The summed E-state index contributed by atoms with van der Waals surface area (Å²) in [5.41, 5.74) is 5.90. The minimum atomic E-state index is -0.364. The van der Waals surface area contributed by atoms with E-state index in [4.69, 9.17) is 15.0 Å². The van der Waals surface area contributed by atoms with Crippen LogP contribution < -0.4 is 10.5 Å². The summed E-state index contributed by atoms with van der Waals surface area (Å²) in [7, 11) is 0. The third-order valence-corrected chi connectivity index (χ3v) is 1.88. The van der Waals surface area contributed by atoms with Gasteiger partial charge in [0.2, 0.25) is 0 Å². The quantitative estimate of drug-likeness (QED) is 0.837. The van der Waals surface area contributed by atoms with Gasteiger partial charge in [-0.05, 0) is 24.2 Å². The van der Waals surface area contributed by atoms with Gasteiger partial charge in [0.05, 0.1) is 5.39 Å². The Kier molecular flexibility index (Phi) is 2.55. The molecule has 5 heteroatoms. The van der Waals surface area contributed by atoms with E-state index in [1.54, 1.807) is 6.07 Å². The van der Waals surface area contributed by atoms with E-state index in [2.05, 4.69) is 5.16 Å². The van der Waals surface area contributed by atoms with Crippen LogP contribution in [0.3, 0.4) is 0 Å². The van der Waals surface area contributed by atoms with Gasteiger partial charge in [0, 0.05) is 12.1 Å². The second-order valence-corrected chi connectivity index (χ2v) is 3.42. The van der Waals surface area contributed by atoms with Crippen molar-refractivity contribution in [3.63, 3.8) is 0 Å². The molecule has 1 atom stereocenters. The molecule has 0 spiro atoms. The molecular weight excluding hydrogens is 199 g/mol. The molecule has 2 aromatic rings. The van der Waals surface area contributed by atoms with Crippen LogP contribution in [0.1, 0.15) is 6.92 Å². The van der Waals surface area contributed by atoms with Crippen LogP contribution in [0.15, 0.2) is 22.7 Å². The highest BCUT2D eigenvalue weighted by atomic mass is 19.1. The second kappa shape index (κ2) is 3.86. The summed E-state index contributed by atoms with van der Waals surface area (Å²) in [6, 6.07) is 4.08. The van der Waals surface area contributed by atoms with Crippen LogP contribution >= 0.6 is 0 Å². The molecule has 15 heavy (non-hydrogen) atoms. The minimum absolute atomic E-state index is 0.0859. The summed E-state index contributed by atoms with van der Waals surface area (Å²) in [4.78, 5) is 0. The van der Waals surface area contributed by atoms with Crippen LogP contribution in [0.2, 0.25) is 0 Å². The van der Waals surface area contributed by atoms with Gasteiger partial charge in [-0.2, -0.15) is 0 Å². The molecule has 1 aromatic heterocycles. The number of fused-ring (bicyclic) bond motifs is 1. The molecule has 0 bridgehead atoms. The van der Waals surface area contributed by atoms with E-state index in [-0.39, 0.29) is 11.9 Å². The van der Waals surface area contributed by atoms with Gasteiger partial charge in [0.15, 0.2) is 5.58 Å². The summed E-state index contributed by atoms with van der Waals surface area (Å²) in [5, 5.41) is 4.34. The van der Waals surface area contributed by atoms with Crippen molar-refractivity contribution in [1.29, 1.82) is 0 Å². The number of halogens is 1. The summed E-state index contributed by atoms with van der Waals surface area (Å²) in [5.74, 6) is -0.0142. The van der Waals surface area contributed by atoms with E-state index >= 15 is 0 Å². The van der Waals surface area contributed by atoms with Crippen molar-refractivity contribution in [2.24, 2.45) is 5.73 Å². The molecule has 0 amide bonds. The van der Waals surface area contributed by atoms with Gasteiger partial charge in [-0.15, -0.1) is 0 Å². The van der Waals surface area contributed by atoms with Crippen molar-refractivity contribution in [3.05, 3.63) is 24.0 Å². The Bertz CT molecular complexity index is 467. The monoisotopic (exact) mass is 210 g/mol. The third-order valence-electron chi connectivity index (χ3n) is 1.88. The lowest BCUT2D eigenvalue weighted by atomic mass is 10.2. The summed E-state index contributed by atoms with van der Waals surface area (Å²) in [6.45, 7) is 2.17. The normalized spacial score (nSPS) is 13.0. The molecule has 0 aliphatic carbocycles. The Labute approximate surface area is 85.8 Å². The second-order valence-electron chi connectivity index (χ2n) is 3.42. The fourth-order valence-electron chi connectivity index (χ4n) is 1.20. The first kappa shape index (κ1) is 9.92. The Morgan fingerprint density at radius 1 is 1.60 bits per heavy atom. The lowest BCUT2D eigenvalue weighted by molar-refractivity contribution is 0.268. The fourth-order valence-corrected chi connectivity index (χ4v) is 1.20. The Hall–Kier alpha value is -1.62. The van der Waals surface area contributed by atoms with Gasteiger partial charge in [0.25, 0.3) is 5.88 Å². The highest BCUT2D eigenvalue weighted by Gasteiger charge is 2.10. The average molecular weight is 210 g/mol. The zero-order valence-electron chi connectivity index (χ0n) is 8.24. The number of hydrogen-bond acceptors (Lipinski definition) is 4. The molecule has 80 valence electrons. The van der Waals surface area contributed by atoms with Gasteiger partial charge in [-0.1, -0.05) is 0 Å². The molecule has 0 saturated carbocycles. The molecule has 2 N–H and O–H groups in total. The minimum Gasteiger partial charge on any atom is -0.473 e. The standard InChI is InChI=1S/C10H11FN2O2/c1-6(12)5-14-10-8-3-2-7(11)4-9(8)15-13-10/h2-4,6H,5,12H2,1H3. The maximum absolute atomic E-state index is 12.8. The predicted molar refractivity (Wildman–Crippen MR) is 53.1 cm³/mol. The Morgan fingerprint density at radius 3 is 3.13 bits per heavy atom. The fraction of sp³-hybridized carbons (Fsp3) is 0.300. The first-order chi connectivity index (χ1) is 7.16. The zero-order valence-corrected chi connectivity index (χ0v) is 8.24. The Morgan fingerprint density at radius 2 is 2.40 bits per heavy atom. The van der Waals surface area contributed by atoms with E-state index in [1.807, 2.05) is 6.92 Å². The van der Waals surface area contributed by atoms with E-state index in [9.17, 15) is 4.39 Å². The van der Waals surface area contributed by atoms with Crippen molar-refractivity contribution in [2.75, 3.05) is 6.61 Å². The van der Waals surface area contributed by atoms with Gasteiger partial charge < -0.3 is 15.0 Å². The summed E-state index contributed by atoms with van der Waals surface area (Å²) >= 11 is 0. The first-order valence-electron chi connectivity index (χ1n) is 4.60. The van der Waals surface area contributed by atoms with Gasteiger partial charge >= 0.3 is 0 Å². The number of aromatic nitrogens is 1. The molecule has 0 saturated heterocycles.